The Labute approximate surface area is 258 Å². The van der Waals surface area contributed by atoms with Crippen LogP contribution < -0.4 is 4.58 Å². The molecular weight excluding hydrogens is 552 g/mol. The summed E-state index contributed by atoms with van der Waals surface area (Å²) < 4.78 is 11.3. The number of hydrogen-bond donors (Lipinski definition) is 0. The Bertz CT molecular complexity index is 2530. The van der Waals surface area contributed by atoms with Crippen molar-refractivity contribution in [3.8, 4) is 22.3 Å². The number of hydrogen-bond acceptors (Lipinski definition) is 3. The van der Waals surface area contributed by atoms with Crippen LogP contribution >= 0.6 is 0 Å². The molecule has 0 saturated carbocycles. The van der Waals surface area contributed by atoms with Crippen molar-refractivity contribution in [1.82, 2.24) is 19.1 Å². The quantitative estimate of drug-likeness (QED) is 0.196. The number of pyridine rings is 2. The molecule has 0 N–H and O–H groups in total. The molecule has 0 bridgehead atoms. The van der Waals surface area contributed by atoms with Crippen LogP contribution in [-0.4, -0.2) is 20.2 Å². The highest BCUT2D eigenvalue weighted by Crippen LogP contribution is 2.47. The summed E-state index contributed by atoms with van der Waals surface area (Å²) in [5.41, 5.74) is 12.1. The molecule has 0 amide bonds. The highest BCUT2D eigenvalue weighted by atomic mass is 16.3. The van der Waals surface area contributed by atoms with Gasteiger partial charge in [-0.3, -0.25) is 9.97 Å². The summed E-state index contributed by atoms with van der Waals surface area (Å²) in [5.74, 6) is 0. The number of fused-ring (bicyclic) bond motifs is 9. The third-order valence-electron chi connectivity index (χ3n) is 9.22. The SMILES string of the molecule is C1=CC2=[N+](c3cc(-c4cccnc4)cc(-c4cccnc4)c3)c3cccc4c5c6c(ccc5n(c34)C2C=C1)oc1ccccc16. The second kappa shape index (κ2) is 9.21. The molecule has 0 spiro atoms. The lowest BCUT2D eigenvalue weighted by Gasteiger charge is -2.25. The van der Waals surface area contributed by atoms with Gasteiger partial charge in [0.1, 0.15) is 22.7 Å². The van der Waals surface area contributed by atoms with Crippen LogP contribution in [0, 0.1) is 0 Å². The van der Waals surface area contributed by atoms with Crippen molar-refractivity contribution < 1.29 is 4.42 Å². The van der Waals surface area contributed by atoms with Crippen molar-refractivity contribution in [2.45, 2.75) is 6.04 Å². The lowest BCUT2D eigenvalue weighted by atomic mass is 9.97. The van der Waals surface area contributed by atoms with Gasteiger partial charge in [0.2, 0.25) is 17.1 Å². The summed E-state index contributed by atoms with van der Waals surface area (Å²) >= 11 is 0. The van der Waals surface area contributed by atoms with E-state index in [2.05, 4.69) is 122 Å². The monoisotopic (exact) mass is 577 g/mol. The highest BCUT2D eigenvalue weighted by Gasteiger charge is 2.38. The number of nitrogens with zero attached hydrogens (tertiary/aromatic N) is 4. The van der Waals surface area contributed by atoms with Gasteiger partial charge in [-0.25, -0.2) is 0 Å². The highest BCUT2D eigenvalue weighted by molar-refractivity contribution is 6.29. The van der Waals surface area contributed by atoms with E-state index in [4.69, 9.17) is 4.42 Å². The Morgan fingerprint density at radius 3 is 2.20 bits per heavy atom. The summed E-state index contributed by atoms with van der Waals surface area (Å²) in [5, 5.41) is 4.78. The molecule has 0 radical (unpaired) electrons. The number of allylic oxidation sites excluding steroid dienone is 4. The average molecular weight is 578 g/mol. The van der Waals surface area contributed by atoms with Crippen LogP contribution in [0.1, 0.15) is 6.04 Å². The molecule has 5 heteroatoms. The summed E-state index contributed by atoms with van der Waals surface area (Å²) in [6, 6.07) is 34.5. The van der Waals surface area contributed by atoms with E-state index in [0.717, 1.165) is 50.2 Å². The first-order chi connectivity index (χ1) is 22.3. The van der Waals surface area contributed by atoms with Crippen LogP contribution in [0.2, 0.25) is 0 Å². The minimum absolute atomic E-state index is 0.0180. The zero-order valence-corrected chi connectivity index (χ0v) is 24.1. The van der Waals surface area contributed by atoms with Crippen LogP contribution in [0.15, 0.2) is 151 Å². The molecular formula is C40H25N4O+. The van der Waals surface area contributed by atoms with Crippen molar-refractivity contribution in [2.75, 3.05) is 0 Å². The fourth-order valence-corrected chi connectivity index (χ4v) is 7.37. The number of aromatic nitrogens is 3. The fraction of sp³-hybridized carbons (Fsp3) is 0.0250. The van der Waals surface area contributed by atoms with Gasteiger partial charge in [-0.15, -0.1) is 0 Å². The van der Waals surface area contributed by atoms with Gasteiger partial charge >= 0.3 is 0 Å². The van der Waals surface area contributed by atoms with E-state index in [1.807, 2.05) is 43.0 Å². The van der Waals surface area contributed by atoms with Gasteiger partial charge in [0.15, 0.2) is 0 Å². The molecule has 1 atom stereocenters. The topological polar surface area (TPSA) is 46.9 Å². The largest absolute Gasteiger partial charge is 0.456 e. The zero-order valence-electron chi connectivity index (χ0n) is 24.1. The van der Waals surface area contributed by atoms with Crippen LogP contribution in [0.4, 0.5) is 11.4 Å². The molecule has 0 fully saturated rings. The van der Waals surface area contributed by atoms with E-state index < -0.39 is 0 Å². The molecule has 8 aromatic rings. The molecule has 1 unspecified atom stereocenters. The molecule has 10 rings (SSSR count). The number of para-hydroxylation sites is 2. The Kier molecular flexibility index (Phi) is 4.99. The van der Waals surface area contributed by atoms with Crippen LogP contribution in [0.25, 0.3) is 66.0 Å². The minimum atomic E-state index is 0.0180. The molecule has 5 heterocycles. The standard InChI is InChI=1S/C40H25N4O/c1-4-15-36-30(10-1)39-37(45-36)17-16-34-38(39)31-11-5-14-35-40(31)44(34)33-13-3-2-12-32(33)43(35)29-21-27(25-8-6-18-41-23-25)20-28(22-29)26-9-7-19-42-24-26/h1-24,33H/q+1. The van der Waals surface area contributed by atoms with Crippen molar-refractivity contribution in [3.05, 3.63) is 146 Å². The van der Waals surface area contributed by atoms with Crippen LogP contribution in [-0.2, 0) is 0 Å². The van der Waals surface area contributed by atoms with Crippen LogP contribution in [0.3, 0.4) is 0 Å². The molecule has 4 aromatic carbocycles. The van der Waals surface area contributed by atoms with Gasteiger partial charge in [0.05, 0.1) is 5.52 Å². The Balaban J connectivity index is 1.32. The molecule has 4 aromatic heterocycles. The number of furan rings is 1. The van der Waals surface area contributed by atoms with E-state index in [9.17, 15) is 0 Å². The molecule has 45 heavy (non-hydrogen) atoms. The van der Waals surface area contributed by atoms with Gasteiger partial charge < -0.3 is 8.98 Å². The van der Waals surface area contributed by atoms with E-state index in [1.165, 1.54) is 32.9 Å². The third-order valence-corrected chi connectivity index (χ3v) is 9.22. The zero-order chi connectivity index (χ0) is 29.5. The summed E-state index contributed by atoms with van der Waals surface area (Å²) in [4.78, 5) is 8.87. The Morgan fingerprint density at radius 2 is 1.42 bits per heavy atom. The van der Waals surface area contributed by atoms with E-state index in [-0.39, 0.29) is 6.04 Å². The summed E-state index contributed by atoms with van der Waals surface area (Å²) in [7, 11) is 0. The van der Waals surface area contributed by atoms with Crippen molar-refractivity contribution in [3.63, 3.8) is 0 Å². The first kappa shape index (κ1) is 24.4. The minimum Gasteiger partial charge on any atom is -0.456 e. The van der Waals surface area contributed by atoms with Crippen molar-refractivity contribution in [2.24, 2.45) is 0 Å². The molecule has 2 aliphatic rings. The normalized spacial score (nSPS) is 15.5. The van der Waals surface area contributed by atoms with Gasteiger partial charge in [-0.1, -0.05) is 60.7 Å². The molecule has 1 aliphatic heterocycles. The first-order valence-corrected chi connectivity index (χ1v) is 15.2. The predicted molar refractivity (Wildman–Crippen MR) is 183 cm³/mol. The van der Waals surface area contributed by atoms with Gasteiger partial charge in [-0.2, -0.15) is 4.58 Å². The molecule has 0 saturated heterocycles. The second-order valence-electron chi connectivity index (χ2n) is 11.7. The maximum absolute atomic E-state index is 6.35. The molecule has 1 aliphatic carbocycles. The van der Waals surface area contributed by atoms with Gasteiger partial charge in [0, 0.05) is 81.7 Å². The van der Waals surface area contributed by atoms with E-state index in [1.54, 1.807) is 0 Å². The smallest absolute Gasteiger partial charge is 0.235 e. The second-order valence-corrected chi connectivity index (χ2v) is 11.7. The average Bonchev–Trinajstić information content (AvgIpc) is 3.66. The van der Waals surface area contributed by atoms with Crippen molar-refractivity contribution >= 4 is 60.8 Å². The van der Waals surface area contributed by atoms with Crippen LogP contribution in [0.5, 0.6) is 0 Å². The Hall–Kier alpha value is -6.07. The number of rotatable bonds is 3. The predicted octanol–water partition coefficient (Wildman–Crippen LogP) is 9.77. The fourth-order valence-electron chi connectivity index (χ4n) is 7.37. The lowest BCUT2D eigenvalue weighted by Crippen LogP contribution is -2.30. The molecule has 210 valence electrons. The van der Waals surface area contributed by atoms with Gasteiger partial charge in [0.25, 0.3) is 0 Å². The van der Waals surface area contributed by atoms with E-state index >= 15 is 0 Å². The van der Waals surface area contributed by atoms with E-state index in [0.29, 0.717) is 0 Å². The summed E-state index contributed by atoms with van der Waals surface area (Å²) in [6.07, 6.45) is 16.4. The molecule has 5 nitrogen and oxygen atoms in total. The van der Waals surface area contributed by atoms with Crippen molar-refractivity contribution in [1.29, 1.82) is 0 Å². The summed E-state index contributed by atoms with van der Waals surface area (Å²) in [6.45, 7) is 0. The first-order valence-electron chi connectivity index (χ1n) is 15.2. The maximum Gasteiger partial charge on any atom is 0.235 e. The lowest BCUT2D eigenvalue weighted by molar-refractivity contribution is 0.669. The third kappa shape index (κ3) is 3.46. The Morgan fingerprint density at radius 1 is 0.644 bits per heavy atom. The number of benzene rings is 4. The van der Waals surface area contributed by atoms with Gasteiger partial charge in [-0.05, 0) is 47.5 Å². The maximum atomic E-state index is 6.35.